The number of rotatable bonds is 2. The maximum absolute atomic E-state index is 9.66. The zero-order valence-electron chi connectivity index (χ0n) is 7.53. The molecule has 1 atom stereocenters. The van der Waals surface area contributed by atoms with Gasteiger partial charge in [0.15, 0.2) is 0 Å². The molecule has 1 heterocycles. The van der Waals surface area contributed by atoms with Crippen molar-refractivity contribution in [3.8, 4) is 0 Å². The second-order valence-electron chi connectivity index (χ2n) is 3.11. The minimum absolute atomic E-state index is 0.413. The second-order valence-corrected chi connectivity index (χ2v) is 3.11. The predicted octanol–water partition coefficient (Wildman–Crippen LogP) is 2.88. The van der Waals surface area contributed by atoms with Crippen molar-refractivity contribution in [3.63, 3.8) is 0 Å². The van der Waals surface area contributed by atoms with Gasteiger partial charge in [-0.2, -0.15) is 0 Å². The molecular weight excluding hydrogens is 164 g/mol. The molecule has 2 rings (SSSR count). The fourth-order valence-electron chi connectivity index (χ4n) is 1.48. The molecule has 1 aromatic heterocycles. The Balaban J connectivity index is 2.57. The smallest absolute Gasteiger partial charge is 0.134 e. The van der Waals surface area contributed by atoms with Crippen LogP contribution >= 0.6 is 0 Å². The van der Waals surface area contributed by atoms with Crippen LogP contribution in [0.5, 0.6) is 0 Å². The highest BCUT2D eigenvalue weighted by Crippen LogP contribution is 2.27. The Morgan fingerprint density at radius 3 is 2.92 bits per heavy atom. The van der Waals surface area contributed by atoms with Gasteiger partial charge in [0.05, 0.1) is 12.4 Å². The van der Waals surface area contributed by atoms with E-state index >= 15 is 0 Å². The zero-order valence-corrected chi connectivity index (χ0v) is 7.53. The highest BCUT2D eigenvalue weighted by molar-refractivity contribution is 5.81. The van der Waals surface area contributed by atoms with E-state index in [9.17, 15) is 5.11 Å². The fraction of sp³-hybridized carbons (Fsp3) is 0.273. The van der Waals surface area contributed by atoms with Crippen molar-refractivity contribution < 1.29 is 9.52 Å². The zero-order chi connectivity index (χ0) is 9.26. The van der Waals surface area contributed by atoms with E-state index in [2.05, 4.69) is 0 Å². The summed E-state index contributed by atoms with van der Waals surface area (Å²) in [5.41, 5.74) is 1.73. The van der Waals surface area contributed by atoms with Crippen LogP contribution in [0.4, 0.5) is 0 Å². The molecule has 13 heavy (non-hydrogen) atoms. The lowest BCUT2D eigenvalue weighted by Crippen LogP contribution is -1.92. The molecule has 2 nitrogen and oxygen atoms in total. The van der Waals surface area contributed by atoms with E-state index in [1.807, 2.05) is 31.2 Å². The monoisotopic (exact) mass is 176 g/mol. The van der Waals surface area contributed by atoms with Gasteiger partial charge in [0.1, 0.15) is 5.58 Å². The third kappa shape index (κ3) is 1.33. The molecule has 1 N–H and O–H groups in total. The van der Waals surface area contributed by atoms with Gasteiger partial charge >= 0.3 is 0 Å². The van der Waals surface area contributed by atoms with E-state index < -0.39 is 6.10 Å². The van der Waals surface area contributed by atoms with Gasteiger partial charge in [-0.3, -0.25) is 0 Å². The maximum Gasteiger partial charge on any atom is 0.134 e. The average molecular weight is 176 g/mol. The molecule has 68 valence electrons. The van der Waals surface area contributed by atoms with Gasteiger partial charge in [0, 0.05) is 10.9 Å². The van der Waals surface area contributed by atoms with E-state index in [-0.39, 0.29) is 0 Å². The van der Waals surface area contributed by atoms with E-state index in [0.717, 1.165) is 16.5 Å². The number of aliphatic hydroxyl groups is 1. The van der Waals surface area contributed by atoms with Gasteiger partial charge in [0.2, 0.25) is 0 Å². The predicted molar refractivity (Wildman–Crippen MR) is 51.5 cm³/mol. The molecule has 0 spiro atoms. The van der Waals surface area contributed by atoms with Crippen LogP contribution < -0.4 is 0 Å². The van der Waals surface area contributed by atoms with Crippen LogP contribution in [0.15, 0.2) is 34.9 Å². The van der Waals surface area contributed by atoms with Gasteiger partial charge in [-0.1, -0.05) is 25.1 Å². The summed E-state index contributed by atoms with van der Waals surface area (Å²) in [7, 11) is 0. The van der Waals surface area contributed by atoms with Crippen LogP contribution in [0.25, 0.3) is 11.0 Å². The van der Waals surface area contributed by atoms with Crippen LogP contribution in [0.2, 0.25) is 0 Å². The second kappa shape index (κ2) is 3.23. The largest absolute Gasteiger partial charge is 0.464 e. The van der Waals surface area contributed by atoms with E-state index in [1.54, 1.807) is 6.26 Å². The number of aliphatic hydroxyl groups excluding tert-OH is 1. The van der Waals surface area contributed by atoms with Crippen LogP contribution in [-0.2, 0) is 0 Å². The minimum atomic E-state index is -0.413. The molecule has 0 aliphatic carbocycles. The number of para-hydroxylation sites is 1. The van der Waals surface area contributed by atoms with Crippen LogP contribution in [0.1, 0.15) is 25.0 Å². The number of fused-ring (bicyclic) bond motifs is 1. The van der Waals surface area contributed by atoms with Gasteiger partial charge in [-0.25, -0.2) is 0 Å². The summed E-state index contributed by atoms with van der Waals surface area (Å²) in [6, 6.07) is 7.74. The molecule has 0 aliphatic heterocycles. The highest BCUT2D eigenvalue weighted by atomic mass is 16.3. The molecule has 0 fully saturated rings. The lowest BCUT2D eigenvalue weighted by molar-refractivity contribution is 0.174. The van der Waals surface area contributed by atoms with Crippen LogP contribution in [0.3, 0.4) is 0 Å². The van der Waals surface area contributed by atoms with Crippen LogP contribution in [-0.4, -0.2) is 5.11 Å². The SMILES string of the molecule is CCC(O)c1coc2ccccc12. The first-order valence-corrected chi connectivity index (χ1v) is 4.47. The van der Waals surface area contributed by atoms with Gasteiger partial charge < -0.3 is 9.52 Å². The summed E-state index contributed by atoms with van der Waals surface area (Å²) < 4.78 is 5.31. The van der Waals surface area contributed by atoms with Crippen molar-refractivity contribution in [2.45, 2.75) is 19.4 Å². The average Bonchev–Trinajstić information content (AvgIpc) is 2.60. The number of benzene rings is 1. The van der Waals surface area contributed by atoms with E-state index in [4.69, 9.17) is 4.42 Å². The molecule has 1 aromatic carbocycles. The molecule has 0 aliphatic rings. The quantitative estimate of drug-likeness (QED) is 0.763. The van der Waals surface area contributed by atoms with Crippen molar-refractivity contribution in [3.05, 3.63) is 36.1 Å². The third-order valence-electron chi connectivity index (χ3n) is 2.26. The molecular formula is C11H12O2. The van der Waals surface area contributed by atoms with Crippen molar-refractivity contribution in [2.24, 2.45) is 0 Å². The first-order valence-electron chi connectivity index (χ1n) is 4.47. The summed E-state index contributed by atoms with van der Waals surface area (Å²) in [6.45, 7) is 1.95. The number of hydrogen-bond donors (Lipinski definition) is 1. The van der Waals surface area contributed by atoms with Crippen LogP contribution in [0, 0.1) is 0 Å². The fourth-order valence-corrected chi connectivity index (χ4v) is 1.48. The summed E-state index contributed by atoms with van der Waals surface area (Å²) in [5, 5.41) is 10.7. The molecule has 0 saturated heterocycles. The van der Waals surface area contributed by atoms with E-state index in [0.29, 0.717) is 6.42 Å². The molecule has 1 unspecified atom stereocenters. The summed E-state index contributed by atoms with van der Waals surface area (Å²) in [6.07, 6.45) is 1.94. The van der Waals surface area contributed by atoms with Crippen molar-refractivity contribution in [1.29, 1.82) is 0 Å². The Kier molecular flexibility index (Phi) is 2.07. The van der Waals surface area contributed by atoms with Gasteiger partial charge in [-0.05, 0) is 12.5 Å². The Morgan fingerprint density at radius 2 is 2.15 bits per heavy atom. The Hall–Kier alpha value is -1.28. The normalized spacial score (nSPS) is 13.4. The van der Waals surface area contributed by atoms with Crippen molar-refractivity contribution in [2.75, 3.05) is 0 Å². The number of furan rings is 1. The summed E-state index contributed by atoms with van der Waals surface area (Å²) in [4.78, 5) is 0. The standard InChI is InChI=1S/C11H12O2/c1-2-10(12)9-7-13-11-6-4-3-5-8(9)11/h3-7,10,12H,2H2,1H3. The topological polar surface area (TPSA) is 33.4 Å². The molecule has 0 saturated carbocycles. The highest BCUT2D eigenvalue weighted by Gasteiger charge is 2.11. The molecule has 2 aromatic rings. The number of hydrogen-bond acceptors (Lipinski definition) is 2. The Labute approximate surface area is 76.8 Å². The molecule has 0 amide bonds. The lowest BCUT2D eigenvalue weighted by Gasteiger charge is -2.03. The first kappa shape index (κ1) is 8.32. The summed E-state index contributed by atoms with van der Waals surface area (Å²) >= 11 is 0. The third-order valence-corrected chi connectivity index (χ3v) is 2.26. The van der Waals surface area contributed by atoms with Crippen molar-refractivity contribution >= 4 is 11.0 Å². The molecule has 2 heteroatoms. The van der Waals surface area contributed by atoms with Crippen molar-refractivity contribution in [1.82, 2.24) is 0 Å². The van der Waals surface area contributed by atoms with Gasteiger partial charge in [0.25, 0.3) is 0 Å². The minimum Gasteiger partial charge on any atom is -0.464 e. The summed E-state index contributed by atoms with van der Waals surface area (Å²) in [5.74, 6) is 0. The maximum atomic E-state index is 9.66. The Bertz CT molecular complexity index is 403. The van der Waals surface area contributed by atoms with E-state index in [1.165, 1.54) is 0 Å². The first-order chi connectivity index (χ1) is 6.33. The molecule has 0 bridgehead atoms. The Morgan fingerprint density at radius 1 is 1.38 bits per heavy atom. The van der Waals surface area contributed by atoms with Gasteiger partial charge in [-0.15, -0.1) is 0 Å². The lowest BCUT2D eigenvalue weighted by atomic mass is 10.1. The molecule has 0 radical (unpaired) electrons.